The normalized spacial score (nSPS) is 19.7. The first-order valence-corrected chi connectivity index (χ1v) is 7.01. The van der Waals surface area contributed by atoms with Crippen LogP contribution >= 0.6 is 0 Å². The summed E-state index contributed by atoms with van der Waals surface area (Å²) in [5.41, 5.74) is -0.578. The minimum Gasteiger partial charge on any atom is -0.494 e. The van der Waals surface area contributed by atoms with Gasteiger partial charge in [0, 0.05) is 0 Å². The highest BCUT2D eigenvalue weighted by atomic mass is 16.5. The number of ether oxygens (including phenoxy) is 1. The number of imide groups is 2. The Kier molecular flexibility index (Phi) is 3.16. The minimum atomic E-state index is -1.02. The van der Waals surface area contributed by atoms with Crippen molar-refractivity contribution in [2.45, 2.75) is 26.2 Å². The van der Waals surface area contributed by atoms with E-state index in [9.17, 15) is 14.4 Å². The summed E-state index contributed by atoms with van der Waals surface area (Å²) in [7, 11) is 0. The molecule has 1 N–H and O–H groups in total. The Morgan fingerprint density at radius 3 is 2.43 bits per heavy atom. The number of carbonyl (C=O) groups excluding carboxylic acids is 3. The molecule has 2 fully saturated rings. The number of rotatable bonds is 4. The van der Waals surface area contributed by atoms with Crippen molar-refractivity contribution in [3.63, 3.8) is 0 Å². The zero-order valence-corrected chi connectivity index (χ0v) is 11.7. The molecule has 4 amide bonds. The van der Waals surface area contributed by atoms with Gasteiger partial charge in [-0.3, -0.25) is 14.9 Å². The predicted octanol–water partition coefficient (Wildman–Crippen LogP) is 1.84. The van der Waals surface area contributed by atoms with Crippen molar-refractivity contribution in [3.05, 3.63) is 24.3 Å². The fraction of sp³-hybridized carbons (Fsp3) is 0.400. The van der Waals surface area contributed by atoms with Crippen molar-refractivity contribution in [1.82, 2.24) is 5.32 Å². The second-order valence-corrected chi connectivity index (χ2v) is 5.32. The van der Waals surface area contributed by atoms with E-state index < -0.39 is 23.3 Å². The van der Waals surface area contributed by atoms with Gasteiger partial charge in [0.25, 0.3) is 5.91 Å². The molecule has 1 aliphatic carbocycles. The van der Waals surface area contributed by atoms with Crippen LogP contribution in [0.4, 0.5) is 10.5 Å². The van der Waals surface area contributed by atoms with E-state index in [0.717, 1.165) is 11.3 Å². The van der Waals surface area contributed by atoms with Crippen LogP contribution in [0, 0.1) is 5.41 Å². The minimum absolute atomic E-state index is 0.432. The Balaban J connectivity index is 1.83. The van der Waals surface area contributed by atoms with Crippen molar-refractivity contribution in [2.75, 3.05) is 11.5 Å². The second kappa shape index (κ2) is 4.87. The number of carbonyl (C=O) groups is 3. The summed E-state index contributed by atoms with van der Waals surface area (Å²) >= 11 is 0. The maximum atomic E-state index is 12.4. The van der Waals surface area contributed by atoms with Crippen LogP contribution in [-0.2, 0) is 9.59 Å². The summed E-state index contributed by atoms with van der Waals surface area (Å²) < 4.78 is 5.46. The monoisotopic (exact) mass is 288 g/mol. The number of amides is 4. The lowest BCUT2D eigenvalue weighted by atomic mass is 10.0. The maximum absolute atomic E-state index is 12.4. The topological polar surface area (TPSA) is 75.7 Å². The van der Waals surface area contributed by atoms with Gasteiger partial charge in [0.05, 0.1) is 12.3 Å². The number of barbiturate groups is 1. The molecule has 0 bridgehead atoms. The van der Waals surface area contributed by atoms with Gasteiger partial charge in [-0.05, 0) is 43.5 Å². The van der Waals surface area contributed by atoms with Crippen LogP contribution in [0.1, 0.15) is 26.2 Å². The molecule has 0 unspecified atom stereocenters. The van der Waals surface area contributed by atoms with Crippen LogP contribution in [0.5, 0.6) is 5.75 Å². The fourth-order valence-electron chi connectivity index (χ4n) is 2.39. The molecular weight excluding hydrogens is 272 g/mol. The van der Waals surface area contributed by atoms with E-state index in [-0.39, 0.29) is 0 Å². The average Bonchev–Trinajstić information content (AvgIpc) is 3.27. The first-order valence-electron chi connectivity index (χ1n) is 7.01. The molecule has 6 nitrogen and oxygen atoms in total. The Hall–Kier alpha value is -2.37. The van der Waals surface area contributed by atoms with Crippen LogP contribution in [0.3, 0.4) is 0 Å². The van der Waals surface area contributed by atoms with Gasteiger partial charge < -0.3 is 4.74 Å². The third kappa shape index (κ3) is 2.16. The molecule has 1 saturated carbocycles. The van der Waals surface area contributed by atoms with E-state index in [4.69, 9.17) is 4.74 Å². The highest BCUT2D eigenvalue weighted by molar-refractivity contribution is 6.31. The van der Waals surface area contributed by atoms with Crippen molar-refractivity contribution in [1.29, 1.82) is 0 Å². The van der Waals surface area contributed by atoms with E-state index in [2.05, 4.69) is 5.32 Å². The largest absolute Gasteiger partial charge is 0.494 e. The lowest BCUT2D eigenvalue weighted by Gasteiger charge is -2.30. The van der Waals surface area contributed by atoms with Gasteiger partial charge in [-0.15, -0.1) is 0 Å². The van der Waals surface area contributed by atoms with E-state index >= 15 is 0 Å². The summed E-state index contributed by atoms with van der Waals surface area (Å²) in [5, 5.41) is 2.26. The molecule has 2 aliphatic rings. The van der Waals surface area contributed by atoms with E-state index in [0.29, 0.717) is 30.9 Å². The first kappa shape index (κ1) is 13.6. The highest BCUT2D eigenvalue weighted by Gasteiger charge is 2.62. The molecule has 1 aromatic carbocycles. The predicted molar refractivity (Wildman–Crippen MR) is 74.9 cm³/mol. The summed E-state index contributed by atoms with van der Waals surface area (Å²) in [5.74, 6) is -0.224. The van der Waals surface area contributed by atoms with Gasteiger partial charge in [0.15, 0.2) is 0 Å². The van der Waals surface area contributed by atoms with Gasteiger partial charge in [-0.2, -0.15) is 0 Å². The fourth-order valence-corrected chi connectivity index (χ4v) is 2.39. The van der Waals surface area contributed by atoms with E-state index in [1.165, 1.54) is 0 Å². The number of benzene rings is 1. The van der Waals surface area contributed by atoms with E-state index in [1.807, 2.05) is 6.92 Å². The molecule has 1 heterocycles. The Morgan fingerprint density at radius 1 is 1.19 bits per heavy atom. The molecule has 1 spiro atoms. The van der Waals surface area contributed by atoms with Crippen LogP contribution in [0.15, 0.2) is 24.3 Å². The molecule has 1 aliphatic heterocycles. The third-order valence-electron chi connectivity index (χ3n) is 3.79. The molecule has 1 aromatic rings. The Labute approximate surface area is 122 Å². The first-order chi connectivity index (χ1) is 10.1. The van der Waals surface area contributed by atoms with Crippen molar-refractivity contribution >= 4 is 23.5 Å². The summed E-state index contributed by atoms with van der Waals surface area (Å²) in [4.78, 5) is 37.1. The number of hydrogen-bond acceptors (Lipinski definition) is 4. The Morgan fingerprint density at radius 2 is 1.86 bits per heavy atom. The molecule has 0 atom stereocenters. The standard InChI is InChI=1S/C15H16N2O4/c1-2-9-21-11-5-3-10(4-6-11)17-13(19)15(7-8-15)12(18)16-14(17)20/h3-6H,2,7-9H2,1H3,(H,16,18,20). The number of anilines is 1. The van der Waals surface area contributed by atoms with Gasteiger partial charge in [0.1, 0.15) is 11.2 Å². The number of hydrogen-bond donors (Lipinski definition) is 1. The van der Waals surface area contributed by atoms with Crippen molar-refractivity contribution in [3.8, 4) is 5.75 Å². The zero-order chi connectivity index (χ0) is 15.0. The lowest BCUT2D eigenvalue weighted by molar-refractivity contribution is -0.136. The molecule has 3 rings (SSSR count). The second-order valence-electron chi connectivity index (χ2n) is 5.32. The van der Waals surface area contributed by atoms with Gasteiger partial charge in [0.2, 0.25) is 5.91 Å². The number of nitrogens with zero attached hydrogens (tertiary/aromatic N) is 1. The molecule has 21 heavy (non-hydrogen) atoms. The molecule has 110 valence electrons. The molecule has 0 radical (unpaired) electrons. The zero-order valence-electron chi connectivity index (χ0n) is 11.7. The summed E-state index contributed by atoms with van der Waals surface area (Å²) in [6.45, 7) is 2.62. The molecular formula is C15H16N2O4. The van der Waals surface area contributed by atoms with Crippen LogP contribution in [0.2, 0.25) is 0 Å². The Bertz CT molecular complexity index is 605. The van der Waals surface area contributed by atoms with Crippen molar-refractivity contribution in [2.24, 2.45) is 5.41 Å². The molecule has 1 saturated heterocycles. The van der Waals surface area contributed by atoms with Crippen LogP contribution < -0.4 is 15.0 Å². The van der Waals surface area contributed by atoms with E-state index in [1.54, 1.807) is 24.3 Å². The maximum Gasteiger partial charge on any atom is 0.335 e. The van der Waals surface area contributed by atoms with Gasteiger partial charge in [-0.1, -0.05) is 6.92 Å². The van der Waals surface area contributed by atoms with Crippen LogP contribution in [0.25, 0.3) is 0 Å². The quantitative estimate of drug-likeness (QED) is 0.858. The van der Waals surface area contributed by atoms with Crippen LogP contribution in [-0.4, -0.2) is 24.5 Å². The SMILES string of the molecule is CCCOc1ccc(N2C(=O)NC(=O)C3(CC3)C2=O)cc1. The molecule has 0 aromatic heterocycles. The summed E-state index contributed by atoms with van der Waals surface area (Å²) in [6, 6.07) is 6.02. The number of nitrogens with one attached hydrogen (secondary N) is 1. The lowest BCUT2D eigenvalue weighted by Crippen LogP contribution is -2.59. The smallest absolute Gasteiger partial charge is 0.335 e. The van der Waals surface area contributed by atoms with Crippen molar-refractivity contribution < 1.29 is 19.1 Å². The highest BCUT2D eigenvalue weighted by Crippen LogP contribution is 2.49. The third-order valence-corrected chi connectivity index (χ3v) is 3.79. The molecule has 6 heteroatoms. The summed E-state index contributed by atoms with van der Waals surface area (Å²) in [6.07, 6.45) is 1.90. The van der Waals surface area contributed by atoms with Gasteiger partial charge >= 0.3 is 6.03 Å². The van der Waals surface area contributed by atoms with Gasteiger partial charge in [-0.25, -0.2) is 9.69 Å². The average molecular weight is 288 g/mol. The number of urea groups is 1.